The molecular formula is C25H33N3O2. The van der Waals surface area contributed by atoms with Crippen molar-refractivity contribution in [3.05, 3.63) is 54.4 Å². The summed E-state index contributed by atoms with van der Waals surface area (Å²) >= 11 is 0. The Hall–Kier alpha value is -2.53. The quantitative estimate of drug-likeness (QED) is 0.504. The maximum atomic E-state index is 5.98. The van der Waals surface area contributed by atoms with Crippen LogP contribution in [0.3, 0.4) is 0 Å². The van der Waals surface area contributed by atoms with Gasteiger partial charge in [-0.25, -0.2) is 4.98 Å². The normalized spacial score (nSPS) is 15.2. The minimum absolute atomic E-state index is 0.617. The van der Waals surface area contributed by atoms with Crippen LogP contribution in [0.1, 0.15) is 37.9 Å². The van der Waals surface area contributed by atoms with Crippen LogP contribution in [0.4, 0.5) is 0 Å². The number of methoxy groups -OCH3 is 1. The number of nitrogens with zero attached hydrogens (tertiary/aromatic N) is 3. The summed E-state index contributed by atoms with van der Waals surface area (Å²) < 4.78 is 13.5. The number of rotatable bonds is 9. The zero-order valence-electron chi connectivity index (χ0n) is 18.1. The van der Waals surface area contributed by atoms with E-state index in [1.165, 1.54) is 56.7 Å². The molecule has 0 bridgehead atoms. The number of benzene rings is 2. The second kappa shape index (κ2) is 10.5. The average molecular weight is 408 g/mol. The molecule has 1 fully saturated rings. The van der Waals surface area contributed by atoms with E-state index < -0.39 is 0 Å². The van der Waals surface area contributed by atoms with E-state index in [0.717, 1.165) is 36.4 Å². The molecule has 5 nitrogen and oxygen atoms in total. The highest BCUT2D eigenvalue weighted by molar-refractivity contribution is 5.75. The van der Waals surface area contributed by atoms with Crippen molar-refractivity contribution in [2.24, 2.45) is 0 Å². The van der Waals surface area contributed by atoms with E-state index in [1.807, 2.05) is 24.3 Å². The Kier molecular flexibility index (Phi) is 7.25. The van der Waals surface area contributed by atoms with E-state index in [0.29, 0.717) is 6.61 Å². The van der Waals surface area contributed by atoms with Gasteiger partial charge in [-0.3, -0.25) is 0 Å². The molecule has 4 rings (SSSR count). The molecule has 160 valence electrons. The molecule has 30 heavy (non-hydrogen) atoms. The van der Waals surface area contributed by atoms with Crippen molar-refractivity contribution in [3.8, 4) is 11.5 Å². The molecular weight excluding hydrogens is 374 g/mol. The predicted molar refractivity (Wildman–Crippen MR) is 121 cm³/mol. The molecule has 2 heterocycles. The van der Waals surface area contributed by atoms with Crippen molar-refractivity contribution in [1.29, 1.82) is 0 Å². The van der Waals surface area contributed by atoms with Crippen LogP contribution in [0, 0.1) is 0 Å². The van der Waals surface area contributed by atoms with Crippen LogP contribution >= 0.6 is 0 Å². The van der Waals surface area contributed by atoms with Gasteiger partial charge in [0.2, 0.25) is 0 Å². The van der Waals surface area contributed by atoms with Crippen molar-refractivity contribution in [3.63, 3.8) is 0 Å². The van der Waals surface area contributed by atoms with Gasteiger partial charge in [0.05, 0.1) is 24.7 Å². The summed E-state index contributed by atoms with van der Waals surface area (Å²) in [7, 11) is 1.67. The van der Waals surface area contributed by atoms with E-state index in [-0.39, 0.29) is 0 Å². The number of ether oxygens (including phenoxy) is 2. The molecule has 0 aliphatic carbocycles. The molecule has 5 heteroatoms. The van der Waals surface area contributed by atoms with Crippen LogP contribution in [-0.4, -0.2) is 47.8 Å². The highest BCUT2D eigenvalue weighted by Gasteiger charge is 2.13. The number of aryl methyl sites for hydroxylation is 1. The maximum absolute atomic E-state index is 5.98. The minimum Gasteiger partial charge on any atom is -0.497 e. The molecule has 0 atom stereocenters. The Labute approximate surface area is 179 Å². The molecule has 0 saturated carbocycles. The van der Waals surface area contributed by atoms with Gasteiger partial charge in [-0.2, -0.15) is 0 Å². The zero-order chi connectivity index (χ0) is 20.6. The van der Waals surface area contributed by atoms with Gasteiger partial charge in [-0.05, 0) is 75.3 Å². The van der Waals surface area contributed by atoms with Crippen molar-refractivity contribution in [2.45, 2.75) is 45.1 Å². The van der Waals surface area contributed by atoms with E-state index in [9.17, 15) is 0 Å². The second-order valence-electron chi connectivity index (χ2n) is 8.05. The Balaban J connectivity index is 1.38. The number of hydrogen-bond donors (Lipinski definition) is 0. The molecule has 0 unspecified atom stereocenters. The Morgan fingerprint density at radius 1 is 0.867 bits per heavy atom. The van der Waals surface area contributed by atoms with Gasteiger partial charge in [0.25, 0.3) is 0 Å². The maximum Gasteiger partial charge on any atom is 0.119 e. The third-order valence-electron chi connectivity index (χ3n) is 5.95. The molecule has 0 spiro atoms. The average Bonchev–Trinajstić information content (AvgIpc) is 2.94. The van der Waals surface area contributed by atoms with Crippen molar-refractivity contribution >= 4 is 11.0 Å². The van der Waals surface area contributed by atoms with Gasteiger partial charge < -0.3 is 18.9 Å². The van der Waals surface area contributed by atoms with Crippen LogP contribution in [0.2, 0.25) is 0 Å². The lowest BCUT2D eigenvalue weighted by atomic mass is 10.2. The van der Waals surface area contributed by atoms with E-state index in [1.54, 1.807) is 7.11 Å². The van der Waals surface area contributed by atoms with Crippen molar-refractivity contribution < 1.29 is 9.47 Å². The van der Waals surface area contributed by atoms with Gasteiger partial charge in [0.1, 0.15) is 23.9 Å². The minimum atomic E-state index is 0.617. The van der Waals surface area contributed by atoms with Gasteiger partial charge in [0, 0.05) is 6.42 Å². The van der Waals surface area contributed by atoms with Crippen LogP contribution in [0.15, 0.2) is 48.5 Å². The summed E-state index contributed by atoms with van der Waals surface area (Å²) in [5.41, 5.74) is 2.27. The first kappa shape index (κ1) is 20.7. The monoisotopic (exact) mass is 407 g/mol. The summed E-state index contributed by atoms with van der Waals surface area (Å²) in [4.78, 5) is 7.57. The highest BCUT2D eigenvalue weighted by Crippen LogP contribution is 2.20. The van der Waals surface area contributed by atoms with Crippen LogP contribution < -0.4 is 9.47 Å². The molecule has 3 aromatic rings. The van der Waals surface area contributed by atoms with Crippen LogP contribution in [0.25, 0.3) is 11.0 Å². The third-order valence-corrected chi connectivity index (χ3v) is 5.95. The lowest BCUT2D eigenvalue weighted by Crippen LogP contribution is -2.26. The van der Waals surface area contributed by atoms with E-state index in [2.05, 4.69) is 33.7 Å². The predicted octanol–water partition coefficient (Wildman–Crippen LogP) is 4.93. The summed E-state index contributed by atoms with van der Waals surface area (Å²) in [5, 5.41) is 0. The number of fused-ring (bicyclic) bond motifs is 1. The SMILES string of the molecule is COc1ccc(OCCn2c(CCCN3CCCCCC3)nc3ccccc32)cc1. The summed E-state index contributed by atoms with van der Waals surface area (Å²) in [6.07, 6.45) is 7.64. The van der Waals surface area contributed by atoms with Gasteiger partial charge >= 0.3 is 0 Å². The second-order valence-corrected chi connectivity index (χ2v) is 8.05. The lowest BCUT2D eigenvalue weighted by molar-refractivity contribution is 0.278. The fourth-order valence-corrected chi connectivity index (χ4v) is 4.31. The molecule has 1 aliphatic rings. The summed E-state index contributed by atoms with van der Waals surface area (Å²) in [5.74, 6) is 2.88. The van der Waals surface area contributed by atoms with E-state index >= 15 is 0 Å². The zero-order valence-corrected chi connectivity index (χ0v) is 18.1. The molecule has 0 N–H and O–H groups in total. The van der Waals surface area contributed by atoms with Crippen molar-refractivity contribution in [1.82, 2.24) is 14.5 Å². The molecule has 1 aliphatic heterocycles. The van der Waals surface area contributed by atoms with Gasteiger partial charge in [-0.15, -0.1) is 0 Å². The smallest absolute Gasteiger partial charge is 0.119 e. The highest BCUT2D eigenvalue weighted by atomic mass is 16.5. The summed E-state index contributed by atoms with van der Waals surface area (Å²) in [6.45, 7) is 5.10. The van der Waals surface area contributed by atoms with E-state index in [4.69, 9.17) is 14.5 Å². The fourth-order valence-electron chi connectivity index (χ4n) is 4.31. The first-order valence-corrected chi connectivity index (χ1v) is 11.3. The number of hydrogen-bond acceptors (Lipinski definition) is 4. The molecule has 1 saturated heterocycles. The molecule has 0 amide bonds. The Bertz CT molecular complexity index is 912. The first-order chi connectivity index (χ1) is 14.8. The van der Waals surface area contributed by atoms with Gasteiger partial charge in [-0.1, -0.05) is 25.0 Å². The first-order valence-electron chi connectivity index (χ1n) is 11.3. The number of imidazole rings is 1. The molecule has 0 radical (unpaired) electrons. The standard InChI is InChI=1S/C25H33N3O2/c1-29-21-12-14-22(15-13-21)30-20-19-28-24-10-5-4-9-23(24)26-25(28)11-8-18-27-16-6-2-3-7-17-27/h4-5,9-10,12-15H,2-3,6-8,11,16-20H2,1H3. The van der Waals surface area contributed by atoms with Crippen molar-refractivity contribution in [2.75, 3.05) is 33.4 Å². The van der Waals surface area contributed by atoms with Crippen LogP contribution in [-0.2, 0) is 13.0 Å². The largest absolute Gasteiger partial charge is 0.497 e. The Morgan fingerprint density at radius 3 is 2.37 bits per heavy atom. The third kappa shape index (κ3) is 5.33. The topological polar surface area (TPSA) is 39.5 Å². The lowest BCUT2D eigenvalue weighted by Gasteiger charge is -2.19. The number of para-hydroxylation sites is 2. The molecule has 1 aromatic heterocycles. The Morgan fingerprint density at radius 2 is 1.60 bits per heavy atom. The number of aromatic nitrogens is 2. The summed E-state index contributed by atoms with van der Waals surface area (Å²) in [6, 6.07) is 16.2. The fraction of sp³-hybridized carbons (Fsp3) is 0.480. The number of likely N-dealkylation sites (tertiary alicyclic amines) is 1. The van der Waals surface area contributed by atoms with Crippen LogP contribution in [0.5, 0.6) is 11.5 Å². The molecule has 2 aromatic carbocycles. The van der Waals surface area contributed by atoms with Gasteiger partial charge in [0.15, 0.2) is 0 Å².